The number of ether oxygens (including phenoxy) is 3. The molecular formula is C29H28N2O6S. The van der Waals surface area contributed by atoms with E-state index in [-0.39, 0.29) is 36.8 Å². The van der Waals surface area contributed by atoms with Gasteiger partial charge in [0.15, 0.2) is 18.1 Å². The Morgan fingerprint density at radius 1 is 0.974 bits per heavy atom. The lowest BCUT2D eigenvalue weighted by molar-refractivity contribution is -0.123. The maximum absolute atomic E-state index is 12.8. The van der Waals surface area contributed by atoms with Crippen molar-refractivity contribution in [3.63, 3.8) is 0 Å². The number of aryl methyl sites for hydroxylation is 2. The number of nitrogens with zero attached hydrogens (tertiary/aromatic N) is 1. The SMILES string of the molecule is COc1ccccc1OCCN1C(=O)S/C(=C\c2ccc(OCC(=O)Nc3cc(C)ccc3C)cc2)C1=O. The molecule has 1 N–H and O–H groups in total. The van der Waals surface area contributed by atoms with Crippen molar-refractivity contribution in [1.29, 1.82) is 0 Å². The first kappa shape index (κ1) is 26.8. The van der Waals surface area contributed by atoms with Gasteiger partial charge in [0.1, 0.15) is 12.4 Å². The number of thioether (sulfide) groups is 1. The standard InChI is InChI=1S/C29H28N2O6S/c1-19-8-9-20(2)23(16-19)30-27(32)18-37-22-12-10-21(11-13-22)17-26-28(33)31(29(34)38-26)14-15-36-25-7-5-4-6-24(25)35-3/h4-13,16-17H,14-15,18H2,1-3H3,(H,30,32)/b26-17-. The summed E-state index contributed by atoms with van der Waals surface area (Å²) in [5.41, 5.74) is 3.52. The summed E-state index contributed by atoms with van der Waals surface area (Å²) in [6, 6.07) is 20.0. The van der Waals surface area contributed by atoms with E-state index < -0.39 is 0 Å². The van der Waals surface area contributed by atoms with Crippen molar-refractivity contribution < 1.29 is 28.6 Å². The molecule has 0 spiro atoms. The van der Waals surface area contributed by atoms with Crippen LogP contribution in [0.1, 0.15) is 16.7 Å². The first-order valence-electron chi connectivity index (χ1n) is 11.9. The lowest BCUT2D eigenvalue weighted by Crippen LogP contribution is -2.32. The van der Waals surface area contributed by atoms with Crippen molar-refractivity contribution in [3.05, 3.63) is 88.3 Å². The van der Waals surface area contributed by atoms with Crippen LogP contribution in [0.2, 0.25) is 0 Å². The van der Waals surface area contributed by atoms with Crippen molar-refractivity contribution in [2.24, 2.45) is 0 Å². The third-order valence-corrected chi connectivity index (χ3v) is 6.64. The van der Waals surface area contributed by atoms with Gasteiger partial charge >= 0.3 is 0 Å². The van der Waals surface area contributed by atoms with Crippen LogP contribution in [-0.2, 0) is 9.59 Å². The van der Waals surface area contributed by atoms with E-state index in [0.29, 0.717) is 22.2 Å². The Kier molecular flexibility index (Phi) is 8.70. The third kappa shape index (κ3) is 6.74. The number of para-hydroxylation sites is 2. The average Bonchev–Trinajstić information content (AvgIpc) is 3.18. The molecule has 1 saturated heterocycles. The van der Waals surface area contributed by atoms with Gasteiger partial charge in [-0.05, 0) is 78.7 Å². The molecule has 1 aliphatic rings. The predicted molar refractivity (Wildman–Crippen MR) is 148 cm³/mol. The summed E-state index contributed by atoms with van der Waals surface area (Å²) >= 11 is 0.886. The molecule has 1 aliphatic heterocycles. The first-order chi connectivity index (χ1) is 18.3. The first-order valence-corrected chi connectivity index (χ1v) is 12.8. The van der Waals surface area contributed by atoms with E-state index in [4.69, 9.17) is 14.2 Å². The van der Waals surface area contributed by atoms with Crippen LogP contribution in [0.3, 0.4) is 0 Å². The number of amides is 3. The Morgan fingerprint density at radius 3 is 2.45 bits per heavy atom. The molecule has 9 heteroatoms. The Morgan fingerprint density at radius 2 is 1.71 bits per heavy atom. The van der Waals surface area contributed by atoms with Crippen molar-refractivity contribution in [2.45, 2.75) is 13.8 Å². The van der Waals surface area contributed by atoms with E-state index in [1.165, 1.54) is 0 Å². The quantitative estimate of drug-likeness (QED) is 0.347. The van der Waals surface area contributed by atoms with Crippen LogP contribution in [0.4, 0.5) is 10.5 Å². The molecule has 0 saturated carbocycles. The molecule has 0 aliphatic carbocycles. The zero-order chi connectivity index (χ0) is 27.1. The summed E-state index contributed by atoms with van der Waals surface area (Å²) in [6.45, 7) is 4.03. The molecule has 8 nitrogen and oxygen atoms in total. The van der Waals surface area contributed by atoms with Crippen LogP contribution in [0.5, 0.6) is 17.2 Å². The van der Waals surface area contributed by atoms with Gasteiger partial charge < -0.3 is 19.5 Å². The van der Waals surface area contributed by atoms with Gasteiger partial charge in [-0.1, -0.05) is 36.4 Å². The van der Waals surface area contributed by atoms with Gasteiger partial charge in [0.2, 0.25) is 0 Å². The highest BCUT2D eigenvalue weighted by Crippen LogP contribution is 2.32. The van der Waals surface area contributed by atoms with Crippen LogP contribution < -0.4 is 19.5 Å². The number of carbonyl (C=O) groups is 3. The molecule has 1 heterocycles. The highest BCUT2D eigenvalue weighted by atomic mass is 32.2. The van der Waals surface area contributed by atoms with Gasteiger partial charge in [-0.3, -0.25) is 19.3 Å². The van der Waals surface area contributed by atoms with E-state index in [2.05, 4.69) is 5.32 Å². The van der Waals surface area contributed by atoms with Crippen LogP contribution in [0, 0.1) is 13.8 Å². The Balaban J connectivity index is 1.29. The van der Waals surface area contributed by atoms with Crippen molar-refractivity contribution in [2.75, 3.05) is 32.2 Å². The minimum Gasteiger partial charge on any atom is -0.493 e. The third-order valence-electron chi connectivity index (χ3n) is 5.73. The number of anilines is 1. The van der Waals surface area contributed by atoms with E-state index in [9.17, 15) is 14.4 Å². The highest BCUT2D eigenvalue weighted by Gasteiger charge is 2.34. The molecule has 3 amide bonds. The second-order valence-corrected chi connectivity index (χ2v) is 9.55. The van der Waals surface area contributed by atoms with Crippen molar-refractivity contribution >= 4 is 40.6 Å². The summed E-state index contributed by atoms with van der Waals surface area (Å²) in [7, 11) is 1.55. The Labute approximate surface area is 225 Å². The number of hydrogen-bond donors (Lipinski definition) is 1. The lowest BCUT2D eigenvalue weighted by Gasteiger charge is -2.14. The second-order valence-electron chi connectivity index (χ2n) is 8.56. The fourth-order valence-corrected chi connectivity index (χ4v) is 4.56. The van der Waals surface area contributed by atoms with E-state index in [1.54, 1.807) is 49.6 Å². The maximum atomic E-state index is 12.8. The summed E-state index contributed by atoms with van der Waals surface area (Å²) in [5.74, 6) is 1.01. The van der Waals surface area contributed by atoms with Gasteiger partial charge in [-0.25, -0.2) is 0 Å². The summed E-state index contributed by atoms with van der Waals surface area (Å²) in [4.78, 5) is 39.0. The molecule has 0 radical (unpaired) electrons. The van der Waals surface area contributed by atoms with Gasteiger partial charge in [0.25, 0.3) is 17.1 Å². The summed E-state index contributed by atoms with van der Waals surface area (Å²) < 4.78 is 16.5. The molecule has 196 valence electrons. The predicted octanol–water partition coefficient (Wildman–Crippen LogP) is 5.44. The zero-order valence-corrected chi connectivity index (χ0v) is 22.2. The second kappa shape index (κ2) is 12.3. The number of hydrogen-bond acceptors (Lipinski definition) is 7. The summed E-state index contributed by atoms with van der Waals surface area (Å²) in [6.07, 6.45) is 1.66. The normalized spacial score (nSPS) is 14.1. The van der Waals surface area contributed by atoms with Crippen LogP contribution in [0.15, 0.2) is 71.6 Å². The van der Waals surface area contributed by atoms with Crippen LogP contribution >= 0.6 is 11.8 Å². The molecule has 3 aromatic carbocycles. The number of nitrogens with one attached hydrogen (secondary N) is 1. The molecule has 0 unspecified atom stereocenters. The zero-order valence-electron chi connectivity index (χ0n) is 21.4. The van der Waals surface area contributed by atoms with E-state index >= 15 is 0 Å². The molecule has 0 bridgehead atoms. The van der Waals surface area contributed by atoms with Gasteiger partial charge in [-0.2, -0.15) is 0 Å². The molecule has 38 heavy (non-hydrogen) atoms. The van der Waals surface area contributed by atoms with Gasteiger partial charge in [-0.15, -0.1) is 0 Å². The average molecular weight is 533 g/mol. The number of imide groups is 1. The molecule has 0 atom stereocenters. The maximum Gasteiger partial charge on any atom is 0.293 e. The fraction of sp³-hybridized carbons (Fsp3) is 0.207. The van der Waals surface area contributed by atoms with E-state index in [0.717, 1.165) is 39.0 Å². The summed E-state index contributed by atoms with van der Waals surface area (Å²) in [5, 5.41) is 2.51. The van der Waals surface area contributed by atoms with Gasteiger partial charge in [0, 0.05) is 5.69 Å². The molecule has 1 fully saturated rings. The highest BCUT2D eigenvalue weighted by molar-refractivity contribution is 8.18. The van der Waals surface area contributed by atoms with Crippen LogP contribution in [-0.4, -0.2) is 48.8 Å². The van der Waals surface area contributed by atoms with Crippen molar-refractivity contribution in [1.82, 2.24) is 4.90 Å². The molecule has 3 aromatic rings. The van der Waals surface area contributed by atoms with E-state index in [1.807, 2.05) is 44.2 Å². The molecule has 0 aromatic heterocycles. The number of methoxy groups -OCH3 is 1. The van der Waals surface area contributed by atoms with Crippen molar-refractivity contribution in [3.8, 4) is 17.2 Å². The molecule has 4 rings (SSSR count). The number of rotatable bonds is 10. The largest absolute Gasteiger partial charge is 0.493 e. The fourth-order valence-electron chi connectivity index (χ4n) is 3.70. The van der Waals surface area contributed by atoms with Gasteiger partial charge in [0.05, 0.1) is 18.6 Å². The smallest absolute Gasteiger partial charge is 0.293 e. The monoisotopic (exact) mass is 532 g/mol. The Bertz CT molecular complexity index is 1370. The molecular weight excluding hydrogens is 504 g/mol. The number of carbonyl (C=O) groups excluding carboxylic acids is 3. The van der Waals surface area contributed by atoms with Crippen LogP contribution in [0.25, 0.3) is 6.08 Å². The Hall–Kier alpha value is -4.24. The minimum absolute atomic E-state index is 0.122. The topological polar surface area (TPSA) is 94.2 Å². The minimum atomic E-state index is -0.368. The number of benzene rings is 3. The lowest BCUT2D eigenvalue weighted by atomic mass is 10.1.